The molecule has 30 heavy (non-hydrogen) atoms. The quantitative estimate of drug-likeness (QED) is 0.767. The van der Waals surface area contributed by atoms with Gasteiger partial charge in [0.15, 0.2) is 12.4 Å². The Hall–Kier alpha value is -3.74. The lowest BCUT2D eigenvalue weighted by Crippen LogP contribution is -2.34. The van der Waals surface area contributed by atoms with Crippen molar-refractivity contribution in [2.24, 2.45) is 10.9 Å². The Balaban J connectivity index is 1.92. The summed E-state index contributed by atoms with van der Waals surface area (Å²) in [4.78, 5) is 41.7. The first-order valence-electron chi connectivity index (χ1n) is 9.38. The third-order valence-electron chi connectivity index (χ3n) is 5.37. The number of carbonyl (C=O) groups excluding carboxylic acids is 2. The van der Waals surface area contributed by atoms with E-state index in [1.807, 2.05) is 12.1 Å². The summed E-state index contributed by atoms with van der Waals surface area (Å²) < 4.78 is 10.5. The molecule has 0 saturated carbocycles. The van der Waals surface area contributed by atoms with E-state index in [9.17, 15) is 14.4 Å². The number of aliphatic carboxylic acids is 1. The van der Waals surface area contributed by atoms with Crippen molar-refractivity contribution in [2.75, 3.05) is 13.7 Å². The number of para-hydroxylation sites is 1. The van der Waals surface area contributed by atoms with Gasteiger partial charge in [0.2, 0.25) is 0 Å². The van der Waals surface area contributed by atoms with Crippen LogP contribution in [0.25, 0.3) is 5.70 Å². The summed E-state index contributed by atoms with van der Waals surface area (Å²) in [6.07, 6.45) is 0. The van der Waals surface area contributed by atoms with Crippen LogP contribution >= 0.6 is 0 Å². The highest BCUT2D eigenvalue weighted by molar-refractivity contribution is 6.24. The van der Waals surface area contributed by atoms with Crippen molar-refractivity contribution in [2.45, 2.75) is 12.8 Å². The number of ketones is 1. The van der Waals surface area contributed by atoms with Crippen molar-refractivity contribution in [1.29, 1.82) is 0 Å². The van der Waals surface area contributed by atoms with E-state index in [1.165, 1.54) is 7.11 Å². The number of Topliss-reactive ketones (excluding diaryl/α,β-unsaturated/α-hetero) is 1. The van der Waals surface area contributed by atoms with Crippen LogP contribution in [0.15, 0.2) is 59.1 Å². The molecule has 1 aliphatic carbocycles. The first kappa shape index (κ1) is 19.6. The molecule has 0 amide bonds. The lowest BCUT2D eigenvalue weighted by Gasteiger charge is -2.31. The van der Waals surface area contributed by atoms with Crippen LogP contribution in [0.4, 0.5) is 0 Å². The van der Waals surface area contributed by atoms with Gasteiger partial charge in [0.1, 0.15) is 11.7 Å². The maximum absolute atomic E-state index is 13.3. The van der Waals surface area contributed by atoms with Crippen LogP contribution in [0, 0.1) is 5.92 Å². The summed E-state index contributed by atoms with van der Waals surface area (Å²) in [5, 5.41) is 9.03. The topological polar surface area (TPSA) is 102 Å². The minimum atomic E-state index is -1.13. The third kappa shape index (κ3) is 3.08. The second-order valence-corrected chi connectivity index (χ2v) is 7.09. The number of nitrogens with zero attached hydrogens (tertiary/aromatic N) is 1. The maximum Gasteiger partial charge on any atom is 0.341 e. The van der Waals surface area contributed by atoms with Crippen molar-refractivity contribution < 1.29 is 29.0 Å². The van der Waals surface area contributed by atoms with Crippen LogP contribution in [0.1, 0.15) is 34.3 Å². The summed E-state index contributed by atoms with van der Waals surface area (Å²) in [5.74, 6) is -3.10. The molecule has 2 atom stereocenters. The van der Waals surface area contributed by atoms with Gasteiger partial charge in [-0.2, -0.15) is 0 Å². The summed E-state index contributed by atoms with van der Waals surface area (Å²) in [5.41, 5.74) is 3.22. The smallest absolute Gasteiger partial charge is 0.341 e. The monoisotopic (exact) mass is 405 g/mol. The summed E-state index contributed by atoms with van der Waals surface area (Å²) in [6.45, 7) is 1.18. The fourth-order valence-electron chi connectivity index (χ4n) is 4.13. The highest BCUT2D eigenvalue weighted by atomic mass is 16.5. The first-order chi connectivity index (χ1) is 14.4. The highest BCUT2D eigenvalue weighted by Crippen LogP contribution is 2.49. The molecule has 4 rings (SSSR count). The average molecular weight is 405 g/mol. The molecule has 0 spiro atoms. The van der Waals surface area contributed by atoms with Crippen molar-refractivity contribution in [3.05, 3.63) is 70.8 Å². The van der Waals surface area contributed by atoms with E-state index in [1.54, 1.807) is 43.3 Å². The molecular formula is C23H19NO6. The number of aliphatic imine (C=N–C) groups is 1. The van der Waals surface area contributed by atoms with Crippen molar-refractivity contribution in [1.82, 2.24) is 0 Å². The van der Waals surface area contributed by atoms with Gasteiger partial charge in [-0.1, -0.05) is 42.5 Å². The molecule has 0 saturated heterocycles. The molecule has 2 aromatic carbocycles. The predicted octanol–water partition coefficient (Wildman–Crippen LogP) is 3.10. The SMILES string of the molecule is COC(=O)C1C(C)=NC2=C(C(=O)c3ccccc32)[C@H]1c1ccccc1OCC(=O)O. The standard InChI is InChI=1S/C23H19NO6/c1-12-18(23(28)29-2)19(15-9-5-6-10-16(15)30-11-17(25)26)20-21(24-12)13-7-3-4-8-14(13)22(20)27/h3-10,18-19H,11H2,1-2H3,(H,25,26)/t18?,19-/m0/s1. The molecule has 152 valence electrons. The molecule has 1 unspecified atom stereocenters. The number of fused-ring (bicyclic) bond motifs is 2. The fourth-order valence-corrected chi connectivity index (χ4v) is 4.13. The molecule has 0 fully saturated rings. The van der Waals surface area contributed by atoms with Crippen molar-refractivity contribution >= 4 is 29.1 Å². The molecule has 0 radical (unpaired) electrons. The Kier molecular flexibility index (Phi) is 4.95. The third-order valence-corrected chi connectivity index (χ3v) is 5.37. The second kappa shape index (κ2) is 7.59. The minimum Gasteiger partial charge on any atom is -0.482 e. The van der Waals surface area contributed by atoms with Gasteiger partial charge in [0.25, 0.3) is 0 Å². The predicted molar refractivity (Wildman–Crippen MR) is 109 cm³/mol. The highest BCUT2D eigenvalue weighted by Gasteiger charge is 2.46. The molecule has 2 aliphatic rings. The number of allylic oxidation sites excluding steroid dienone is 1. The Bertz CT molecular complexity index is 1130. The number of ether oxygens (including phenoxy) is 2. The van der Waals surface area contributed by atoms with E-state index < -0.39 is 30.4 Å². The van der Waals surface area contributed by atoms with Crippen LogP contribution < -0.4 is 4.74 Å². The number of hydrogen-bond donors (Lipinski definition) is 1. The molecule has 0 aromatic heterocycles. The largest absolute Gasteiger partial charge is 0.482 e. The van der Waals surface area contributed by atoms with Gasteiger partial charge in [0, 0.05) is 33.9 Å². The number of methoxy groups -OCH3 is 1. The van der Waals surface area contributed by atoms with E-state index in [2.05, 4.69) is 4.99 Å². The van der Waals surface area contributed by atoms with Crippen LogP contribution in [0.2, 0.25) is 0 Å². The van der Waals surface area contributed by atoms with E-state index >= 15 is 0 Å². The van der Waals surface area contributed by atoms with Gasteiger partial charge in [-0.3, -0.25) is 14.6 Å². The van der Waals surface area contributed by atoms with Crippen LogP contribution in [-0.4, -0.2) is 42.3 Å². The molecular weight excluding hydrogens is 386 g/mol. The Morgan fingerprint density at radius 1 is 1.07 bits per heavy atom. The zero-order valence-corrected chi connectivity index (χ0v) is 16.4. The number of esters is 1. The van der Waals surface area contributed by atoms with Crippen LogP contribution in [0.5, 0.6) is 5.75 Å². The van der Waals surface area contributed by atoms with E-state index in [4.69, 9.17) is 14.6 Å². The van der Waals surface area contributed by atoms with E-state index in [-0.39, 0.29) is 5.78 Å². The molecule has 7 heteroatoms. The minimum absolute atomic E-state index is 0.205. The Morgan fingerprint density at radius 3 is 2.43 bits per heavy atom. The molecule has 1 N–H and O–H groups in total. The maximum atomic E-state index is 13.3. The number of rotatable bonds is 5. The van der Waals surface area contributed by atoms with Crippen LogP contribution in [0.3, 0.4) is 0 Å². The average Bonchev–Trinajstić information content (AvgIpc) is 3.03. The molecule has 2 aromatic rings. The Labute approximate surface area is 172 Å². The lowest BCUT2D eigenvalue weighted by atomic mass is 9.75. The zero-order chi connectivity index (χ0) is 21.4. The number of carboxylic acid groups (broad SMARTS) is 1. The van der Waals surface area contributed by atoms with E-state index in [0.717, 1.165) is 0 Å². The van der Waals surface area contributed by atoms with E-state index in [0.29, 0.717) is 39.4 Å². The molecule has 0 bridgehead atoms. The molecule has 1 aliphatic heterocycles. The van der Waals surface area contributed by atoms with Crippen molar-refractivity contribution in [3.8, 4) is 5.75 Å². The Morgan fingerprint density at radius 2 is 1.73 bits per heavy atom. The van der Waals surface area contributed by atoms with Gasteiger partial charge < -0.3 is 14.6 Å². The van der Waals surface area contributed by atoms with Gasteiger partial charge in [-0.15, -0.1) is 0 Å². The lowest BCUT2D eigenvalue weighted by molar-refractivity contribution is -0.143. The van der Waals surface area contributed by atoms with Gasteiger partial charge in [-0.25, -0.2) is 4.79 Å². The first-order valence-corrected chi connectivity index (χ1v) is 9.38. The number of hydrogen-bond acceptors (Lipinski definition) is 6. The number of carbonyl (C=O) groups is 3. The van der Waals surface area contributed by atoms with Crippen LogP contribution in [-0.2, 0) is 14.3 Å². The number of benzene rings is 2. The molecule has 7 nitrogen and oxygen atoms in total. The normalized spacial score (nSPS) is 19.7. The summed E-state index contributed by atoms with van der Waals surface area (Å²) in [6, 6.07) is 14.0. The van der Waals surface area contributed by atoms with Gasteiger partial charge in [-0.05, 0) is 13.0 Å². The summed E-state index contributed by atoms with van der Waals surface area (Å²) >= 11 is 0. The number of carboxylic acids is 1. The van der Waals surface area contributed by atoms with Gasteiger partial charge >= 0.3 is 11.9 Å². The van der Waals surface area contributed by atoms with Gasteiger partial charge in [0.05, 0.1) is 12.8 Å². The second-order valence-electron chi connectivity index (χ2n) is 7.09. The zero-order valence-electron chi connectivity index (χ0n) is 16.4. The van der Waals surface area contributed by atoms with Crippen molar-refractivity contribution in [3.63, 3.8) is 0 Å². The molecule has 1 heterocycles. The summed E-state index contributed by atoms with van der Waals surface area (Å²) in [7, 11) is 1.29. The fraction of sp³-hybridized carbons (Fsp3) is 0.217.